The molecular formula is C9H18BrNO4S. The van der Waals surface area contributed by atoms with Crippen molar-refractivity contribution in [3.05, 3.63) is 0 Å². The summed E-state index contributed by atoms with van der Waals surface area (Å²) in [4.78, 5) is 11.2. The normalized spacial score (nSPS) is 12.2. The van der Waals surface area contributed by atoms with E-state index < -0.39 is 21.5 Å². The molecule has 1 N–H and O–H groups in total. The smallest absolute Gasteiger partial charge is 0.407 e. The Labute approximate surface area is 105 Å². The molecular weight excluding hydrogens is 298 g/mol. The van der Waals surface area contributed by atoms with Crippen LogP contribution in [0.1, 0.15) is 20.8 Å². The lowest BCUT2D eigenvalue weighted by Gasteiger charge is -2.19. The van der Waals surface area contributed by atoms with Crippen LogP contribution < -0.4 is 5.32 Å². The molecule has 0 fully saturated rings. The van der Waals surface area contributed by atoms with Gasteiger partial charge in [0.25, 0.3) is 0 Å². The van der Waals surface area contributed by atoms with Crippen molar-refractivity contribution in [2.24, 2.45) is 0 Å². The van der Waals surface area contributed by atoms with Crippen molar-refractivity contribution in [3.8, 4) is 0 Å². The fraction of sp³-hybridized carbons (Fsp3) is 0.889. The Kier molecular flexibility index (Phi) is 6.32. The van der Waals surface area contributed by atoms with E-state index in [0.29, 0.717) is 5.33 Å². The first-order chi connectivity index (χ1) is 7.16. The van der Waals surface area contributed by atoms with Gasteiger partial charge >= 0.3 is 6.09 Å². The number of amides is 1. The van der Waals surface area contributed by atoms with Gasteiger partial charge in [0.2, 0.25) is 0 Å². The van der Waals surface area contributed by atoms with Crippen molar-refractivity contribution in [1.82, 2.24) is 5.32 Å². The minimum Gasteiger partial charge on any atom is -0.444 e. The Morgan fingerprint density at radius 2 is 1.88 bits per heavy atom. The number of nitrogens with one attached hydrogen (secondary N) is 1. The number of ether oxygens (including phenoxy) is 1. The molecule has 0 atom stereocenters. The maximum absolute atomic E-state index is 11.3. The molecule has 0 aromatic heterocycles. The van der Waals surface area contributed by atoms with Crippen LogP contribution >= 0.6 is 15.9 Å². The van der Waals surface area contributed by atoms with Gasteiger partial charge in [0, 0.05) is 11.9 Å². The lowest BCUT2D eigenvalue weighted by molar-refractivity contribution is 0.0531. The third-order valence-electron chi connectivity index (χ3n) is 1.47. The highest BCUT2D eigenvalue weighted by molar-refractivity contribution is 9.09. The van der Waals surface area contributed by atoms with Gasteiger partial charge in [-0.15, -0.1) is 0 Å². The number of carbonyl (C=O) groups excluding carboxylic acids is 1. The molecule has 0 aromatic rings. The zero-order valence-corrected chi connectivity index (χ0v) is 12.2. The Hall–Kier alpha value is -0.300. The van der Waals surface area contributed by atoms with Gasteiger partial charge in [0.1, 0.15) is 5.60 Å². The summed E-state index contributed by atoms with van der Waals surface area (Å²) < 4.78 is 27.5. The topological polar surface area (TPSA) is 72.5 Å². The summed E-state index contributed by atoms with van der Waals surface area (Å²) >= 11 is 3.05. The van der Waals surface area contributed by atoms with Crippen molar-refractivity contribution in [1.29, 1.82) is 0 Å². The van der Waals surface area contributed by atoms with Gasteiger partial charge < -0.3 is 10.1 Å². The average molecular weight is 316 g/mol. The second-order valence-electron chi connectivity index (χ2n) is 4.27. The van der Waals surface area contributed by atoms with Gasteiger partial charge in [-0.2, -0.15) is 0 Å². The minimum atomic E-state index is -3.09. The highest BCUT2D eigenvalue weighted by Gasteiger charge is 2.16. The molecule has 1 amide bonds. The Bertz CT molecular complexity index is 321. The SMILES string of the molecule is CC(C)(C)OC(=O)NCCS(=O)(=O)CCBr. The second-order valence-corrected chi connectivity index (χ2v) is 7.37. The van der Waals surface area contributed by atoms with Crippen LogP contribution in [-0.2, 0) is 14.6 Å². The number of sulfone groups is 1. The molecule has 0 aliphatic carbocycles. The molecule has 0 heterocycles. The number of alkyl carbamates (subject to hydrolysis) is 1. The van der Waals surface area contributed by atoms with Gasteiger partial charge in [-0.05, 0) is 20.8 Å². The summed E-state index contributed by atoms with van der Waals surface area (Å²) in [6.07, 6.45) is -0.596. The molecule has 0 aliphatic rings. The van der Waals surface area contributed by atoms with Crippen LogP contribution in [0.4, 0.5) is 4.79 Å². The number of carbonyl (C=O) groups is 1. The Morgan fingerprint density at radius 1 is 1.31 bits per heavy atom. The molecule has 0 radical (unpaired) electrons. The van der Waals surface area contributed by atoms with E-state index in [-0.39, 0.29) is 18.1 Å². The third-order valence-corrected chi connectivity index (χ3v) is 4.04. The molecule has 0 saturated carbocycles. The van der Waals surface area contributed by atoms with E-state index in [2.05, 4.69) is 21.2 Å². The van der Waals surface area contributed by atoms with E-state index in [0.717, 1.165) is 0 Å². The van der Waals surface area contributed by atoms with Crippen molar-refractivity contribution in [2.45, 2.75) is 26.4 Å². The number of hydrogen-bond acceptors (Lipinski definition) is 4. The molecule has 16 heavy (non-hydrogen) atoms. The second kappa shape index (κ2) is 6.44. The molecule has 7 heteroatoms. The first-order valence-corrected chi connectivity index (χ1v) is 7.84. The van der Waals surface area contributed by atoms with E-state index in [1.165, 1.54) is 0 Å². The van der Waals surface area contributed by atoms with E-state index in [1.54, 1.807) is 20.8 Å². The molecule has 0 spiro atoms. The van der Waals surface area contributed by atoms with Gasteiger partial charge in [-0.1, -0.05) is 15.9 Å². The summed E-state index contributed by atoms with van der Waals surface area (Å²) in [6.45, 7) is 5.31. The van der Waals surface area contributed by atoms with Crippen molar-refractivity contribution < 1.29 is 17.9 Å². The first-order valence-electron chi connectivity index (χ1n) is 4.89. The predicted molar refractivity (Wildman–Crippen MR) is 66.7 cm³/mol. The van der Waals surface area contributed by atoms with E-state index in [4.69, 9.17) is 4.74 Å². The highest BCUT2D eigenvalue weighted by atomic mass is 79.9. The van der Waals surface area contributed by atoms with Crippen molar-refractivity contribution in [3.63, 3.8) is 0 Å². The maximum Gasteiger partial charge on any atom is 0.407 e. The molecule has 0 aromatic carbocycles. The number of halogens is 1. The fourth-order valence-corrected chi connectivity index (χ4v) is 3.17. The minimum absolute atomic E-state index is 0.0716. The van der Waals surface area contributed by atoms with Gasteiger partial charge in [0.05, 0.1) is 11.5 Å². The lowest BCUT2D eigenvalue weighted by Crippen LogP contribution is -2.35. The van der Waals surface area contributed by atoms with Gasteiger partial charge in [-0.3, -0.25) is 0 Å². The van der Waals surface area contributed by atoms with Crippen molar-refractivity contribution >= 4 is 31.9 Å². The Balaban J connectivity index is 3.87. The summed E-state index contributed by atoms with van der Waals surface area (Å²) in [5, 5.41) is 2.80. The van der Waals surface area contributed by atoms with Crippen LogP contribution in [0.2, 0.25) is 0 Å². The molecule has 0 aliphatic heterocycles. The molecule has 0 saturated heterocycles. The largest absolute Gasteiger partial charge is 0.444 e. The highest BCUT2D eigenvalue weighted by Crippen LogP contribution is 2.06. The summed E-state index contributed by atoms with van der Waals surface area (Å²) in [5.41, 5.74) is -0.571. The molecule has 5 nitrogen and oxygen atoms in total. The fourth-order valence-electron chi connectivity index (χ4n) is 0.842. The van der Waals surface area contributed by atoms with Crippen LogP contribution in [0.5, 0.6) is 0 Å². The zero-order valence-electron chi connectivity index (χ0n) is 9.75. The standard InChI is InChI=1S/C9H18BrNO4S/c1-9(2,3)15-8(12)11-5-7-16(13,14)6-4-10/h4-7H2,1-3H3,(H,11,12). The van der Waals surface area contributed by atoms with Crippen LogP contribution in [0, 0.1) is 0 Å². The Morgan fingerprint density at radius 3 is 2.31 bits per heavy atom. The summed E-state index contributed by atoms with van der Waals surface area (Å²) in [5.74, 6) is 0.000835. The van der Waals surface area contributed by atoms with E-state index in [9.17, 15) is 13.2 Å². The van der Waals surface area contributed by atoms with Gasteiger partial charge in [-0.25, -0.2) is 13.2 Å². The van der Waals surface area contributed by atoms with Crippen molar-refractivity contribution in [2.75, 3.05) is 23.4 Å². The van der Waals surface area contributed by atoms with E-state index >= 15 is 0 Å². The molecule has 0 unspecified atom stereocenters. The number of alkyl halides is 1. The number of hydrogen-bond donors (Lipinski definition) is 1. The molecule has 96 valence electrons. The molecule has 0 bridgehead atoms. The quantitative estimate of drug-likeness (QED) is 0.777. The van der Waals surface area contributed by atoms with Crippen LogP contribution in [0.15, 0.2) is 0 Å². The predicted octanol–water partition coefficient (Wildman–Crippen LogP) is 1.32. The van der Waals surface area contributed by atoms with Crippen LogP contribution in [0.25, 0.3) is 0 Å². The first kappa shape index (κ1) is 15.7. The van der Waals surface area contributed by atoms with E-state index in [1.807, 2.05) is 0 Å². The van der Waals surface area contributed by atoms with Gasteiger partial charge in [0.15, 0.2) is 9.84 Å². The molecule has 0 rings (SSSR count). The van der Waals surface area contributed by atoms with Crippen LogP contribution in [-0.4, -0.2) is 43.5 Å². The monoisotopic (exact) mass is 315 g/mol. The zero-order chi connectivity index (χ0) is 12.8. The van der Waals surface area contributed by atoms with Crippen LogP contribution in [0.3, 0.4) is 0 Å². The summed E-state index contributed by atoms with van der Waals surface area (Å²) in [6, 6.07) is 0. The maximum atomic E-state index is 11.3. The summed E-state index contributed by atoms with van der Waals surface area (Å²) in [7, 11) is -3.09. The number of rotatable bonds is 5. The average Bonchev–Trinajstić information content (AvgIpc) is 1.99. The third kappa shape index (κ3) is 8.96. The lowest BCUT2D eigenvalue weighted by atomic mass is 10.2.